The minimum absolute atomic E-state index is 0.000921. The largest absolute Gasteiger partial charge is 0.352 e. The Balaban J connectivity index is 1.03. The lowest BCUT2D eigenvalue weighted by molar-refractivity contribution is -0.145. The molecule has 2 bridgehead atoms. The molecule has 1 aliphatic heterocycles. The Labute approximate surface area is 214 Å². The molecule has 4 fully saturated rings. The first-order valence-corrected chi connectivity index (χ1v) is 14.1. The maximum absolute atomic E-state index is 13.3. The number of nitrogens with zero attached hydrogens (tertiary/aromatic N) is 1. The summed E-state index contributed by atoms with van der Waals surface area (Å²) in [5.41, 5.74) is -0.395. The van der Waals surface area contributed by atoms with Crippen molar-refractivity contribution in [3.63, 3.8) is 0 Å². The first kappa shape index (κ1) is 25.6. The van der Waals surface area contributed by atoms with Gasteiger partial charge < -0.3 is 10.2 Å². The second kappa shape index (κ2) is 10.00. The second-order valence-corrected chi connectivity index (χ2v) is 12.5. The van der Waals surface area contributed by atoms with Gasteiger partial charge in [-0.1, -0.05) is 13.8 Å². The number of Topliss-reactive ketones (excluding diaryl/α,β-unsaturated/α-hetero) is 2. The van der Waals surface area contributed by atoms with Crippen LogP contribution in [0.1, 0.15) is 88.4 Å². The maximum Gasteiger partial charge on any atom is 0.234 e. The molecule has 3 saturated carbocycles. The normalized spacial score (nSPS) is 32.5. The van der Waals surface area contributed by atoms with Crippen molar-refractivity contribution in [3.05, 3.63) is 35.6 Å². The number of likely N-dealkylation sites (tertiary alicyclic amines) is 1. The smallest absolute Gasteiger partial charge is 0.234 e. The second-order valence-electron chi connectivity index (χ2n) is 12.5. The monoisotopic (exact) mass is 496 g/mol. The number of rotatable bonds is 7. The average molecular weight is 497 g/mol. The summed E-state index contributed by atoms with van der Waals surface area (Å²) in [4.78, 5) is 41.3. The molecule has 1 N–H and O–H groups in total. The van der Waals surface area contributed by atoms with Crippen LogP contribution in [0.15, 0.2) is 24.3 Å². The third-order valence-corrected chi connectivity index (χ3v) is 10.4. The van der Waals surface area contributed by atoms with Crippen molar-refractivity contribution in [2.24, 2.45) is 28.6 Å². The maximum atomic E-state index is 13.3. The fourth-order valence-electron chi connectivity index (χ4n) is 7.75. The molecule has 0 radical (unpaired) electrons. The molecule has 2 atom stereocenters. The van der Waals surface area contributed by atoms with Gasteiger partial charge in [0.1, 0.15) is 17.0 Å². The summed E-state index contributed by atoms with van der Waals surface area (Å²) < 4.78 is 13.1. The van der Waals surface area contributed by atoms with Gasteiger partial charge in [0.25, 0.3) is 0 Å². The summed E-state index contributed by atoms with van der Waals surface area (Å²) in [5.74, 6) is 1.07. The molecule has 0 aromatic heterocycles. The van der Waals surface area contributed by atoms with Crippen LogP contribution < -0.4 is 5.32 Å². The van der Waals surface area contributed by atoms with E-state index in [2.05, 4.69) is 24.1 Å². The molecule has 1 aromatic carbocycles. The number of nitrogens with one attached hydrogen (secondary N) is 1. The molecule has 6 heteroatoms. The van der Waals surface area contributed by atoms with Crippen molar-refractivity contribution < 1.29 is 18.8 Å². The van der Waals surface area contributed by atoms with Crippen molar-refractivity contribution >= 4 is 17.5 Å². The number of carbonyl (C=O) groups is 3. The molecule has 0 spiro atoms. The van der Waals surface area contributed by atoms with Gasteiger partial charge in [-0.2, -0.15) is 0 Å². The molecule has 1 amide bonds. The van der Waals surface area contributed by atoms with Crippen LogP contribution in [0.3, 0.4) is 0 Å². The fraction of sp³-hybridized carbons (Fsp3) is 0.700. The van der Waals surface area contributed by atoms with E-state index in [0.29, 0.717) is 23.8 Å². The van der Waals surface area contributed by atoms with Crippen molar-refractivity contribution in [1.82, 2.24) is 10.2 Å². The van der Waals surface area contributed by atoms with Crippen LogP contribution in [0.5, 0.6) is 0 Å². The molecular formula is C30H41FN2O3. The van der Waals surface area contributed by atoms with Crippen LogP contribution in [0.25, 0.3) is 0 Å². The number of ketones is 2. The highest BCUT2D eigenvalue weighted by Gasteiger charge is 2.68. The van der Waals surface area contributed by atoms with Gasteiger partial charge in [0.05, 0.1) is 0 Å². The number of piperidine rings is 1. The lowest BCUT2D eigenvalue weighted by Gasteiger charge is -2.38. The summed E-state index contributed by atoms with van der Waals surface area (Å²) in [6, 6.07) is 6.11. The molecule has 0 unspecified atom stereocenters. The Bertz CT molecular complexity index is 990. The van der Waals surface area contributed by atoms with E-state index in [-0.39, 0.29) is 40.7 Å². The van der Waals surface area contributed by atoms with Gasteiger partial charge in [-0.3, -0.25) is 14.4 Å². The highest BCUT2D eigenvalue weighted by molar-refractivity contribution is 6.09. The lowest BCUT2D eigenvalue weighted by atomic mass is 9.68. The molecule has 1 saturated heterocycles. The van der Waals surface area contributed by atoms with Crippen molar-refractivity contribution in [1.29, 1.82) is 0 Å². The Morgan fingerprint density at radius 1 is 1.00 bits per heavy atom. The Morgan fingerprint density at radius 3 is 2.25 bits per heavy atom. The molecule has 1 heterocycles. The van der Waals surface area contributed by atoms with Gasteiger partial charge in [0.15, 0.2) is 5.78 Å². The highest BCUT2D eigenvalue weighted by Crippen LogP contribution is 2.64. The summed E-state index contributed by atoms with van der Waals surface area (Å²) in [7, 11) is 0. The van der Waals surface area contributed by atoms with Gasteiger partial charge in [-0.15, -0.1) is 0 Å². The Hall–Kier alpha value is -2.08. The van der Waals surface area contributed by atoms with Gasteiger partial charge in [0, 0.05) is 23.9 Å². The molecule has 5 rings (SSSR count). The summed E-state index contributed by atoms with van der Waals surface area (Å²) >= 11 is 0. The van der Waals surface area contributed by atoms with E-state index < -0.39 is 5.41 Å². The number of amides is 1. The third kappa shape index (κ3) is 4.55. The van der Waals surface area contributed by atoms with Gasteiger partial charge in [-0.05, 0) is 119 Å². The molecule has 5 nitrogen and oxygen atoms in total. The predicted molar refractivity (Wildman–Crippen MR) is 137 cm³/mol. The number of benzene rings is 1. The third-order valence-electron chi connectivity index (χ3n) is 10.4. The molecule has 1 aromatic rings. The van der Waals surface area contributed by atoms with Gasteiger partial charge in [-0.25, -0.2) is 4.39 Å². The first-order valence-electron chi connectivity index (χ1n) is 14.1. The van der Waals surface area contributed by atoms with E-state index in [9.17, 15) is 18.8 Å². The Kier molecular flexibility index (Phi) is 7.10. The zero-order chi connectivity index (χ0) is 25.5. The van der Waals surface area contributed by atoms with Gasteiger partial charge in [0.2, 0.25) is 5.91 Å². The number of fused-ring (bicyclic) bond motifs is 2. The molecule has 36 heavy (non-hydrogen) atoms. The molecule has 3 aliphatic carbocycles. The minimum Gasteiger partial charge on any atom is -0.352 e. The Morgan fingerprint density at radius 2 is 1.67 bits per heavy atom. The standard InChI is InChI=1S/C30H41FN2O3/c1-29(2)23-11-15-30(29,26(34)19-23)28(36)32-25-9-3-20(4-10-25)12-16-33-17-13-22(14-18-33)27(35)21-5-7-24(31)8-6-21/h5-8,20,22-23,25H,3-4,9-19H2,1-2H3,(H,32,36)/t20?,23-,25?,30-/m1/s1. The predicted octanol–water partition coefficient (Wildman–Crippen LogP) is 5.18. The van der Waals surface area contributed by atoms with Crippen LogP contribution in [-0.4, -0.2) is 48.0 Å². The number of halogens is 1. The van der Waals surface area contributed by atoms with Crippen LogP contribution in [0, 0.1) is 34.4 Å². The first-order chi connectivity index (χ1) is 17.2. The van der Waals surface area contributed by atoms with E-state index in [0.717, 1.165) is 77.4 Å². The lowest BCUT2D eigenvalue weighted by Crippen LogP contribution is -2.53. The van der Waals surface area contributed by atoms with Crippen LogP contribution in [-0.2, 0) is 9.59 Å². The average Bonchev–Trinajstić information content (AvgIpc) is 3.25. The van der Waals surface area contributed by atoms with E-state index >= 15 is 0 Å². The zero-order valence-corrected chi connectivity index (χ0v) is 21.9. The zero-order valence-electron chi connectivity index (χ0n) is 21.9. The van der Waals surface area contributed by atoms with Crippen LogP contribution in [0.4, 0.5) is 4.39 Å². The SMILES string of the molecule is CC1(C)[C@@H]2CC[C@]1(C(=O)NC1CCC(CCN3CCC(C(=O)c4ccc(F)cc4)CC3)CC1)C(=O)C2. The fourth-order valence-corrected chi connectivity index (χ4v) is 7.75. The topological polar surface area (TPSA) is 66.5 Å². The van der Waals surface area contributed by atoms with E-state index in [1.165, 1.54) is 12.1 Å². The van der Waals surface area contributed by atoms with Crippen LogP contribution >= 0.6 is 0 Å². The van der Waals surface area contributed by atoms with Crippen LogP contribution in [0.2, 0.25) is 0 Å². The van der Waals surface area contributed by atoms with Gasteiger partial charge >= 0.3 is 0 Å². The molecular weight excluding hydrogens is 455 g/mol. The quantitative estimate of drug-likeness (QED) is 0.417. The molecule has 196 valence electrons. The van der Waals surface area contributed by atoms with E-state index in [4.69, 9.17) is 0 Å². The number of hydrogen-bond acceptors (Lipinski definition) is 4. The van der Waals surface area contributed by atoms with E-state index in [1.807, 2.05) is 0 Å². The highest BCUT2D eigenvalue weighted by atomic mass is 19.1. The van der Waals surface area contributed by atoms with Crippen molar-refractivity contribution in [2.45, 2.75) is 84.1 Å². The summed E-state index contributed by atoms with van der Waals surface area (Å²) in [5, 5.41) is 3.30. The van der Waals surface area contributed by atoms with Crippen molar-refractivity contribution in [2.75, 3.05) is 19.6 Å². The number of hydrogen-bond donors (Lipinski definition) is 1. The summed E-state index contributed by atoms with van der Waals surface area (Å²) in [6.45, 7) is 7.18. The number of carbonyl (C=O) groups excluding carboxylic acids is 3. The minimum atomic E-state index is -0.793. The van der Waals surface area contributed by atoms with Crippen molar-refractivity contribution in [3.8, 4) is 0 Å². The summed E-state index contributed by atoms with van der Waals surface area (Å²) in [6.07, 6.45) is 9.43. The van der Waals surface area contributed by atoms with E-state index in [1.54, 1.807) is 12.1 Å². The molecule has 4 aliphatic rings.